The summed E-state index contributed by atoms with van der Waals surface area (Å²) in [4.78, 5) is 12.5. The quantitative estimate of drug-likeness (QED) is 0.453. The number of halogens is 1. The van der Waals surface area contributed by atoms with E-state index < -0.39 is 11.5 Å². The fourth-order valence-electron chi connectivity index (χ4n) is 3.59. The minimum absolute atomic E-state index is 0. The number of hydrogen-bond donors (Lipinski definition) is 1. The molecule has 0 saturated heterocycles. The number of para-hydroxylation sites is 1. The largest absolute Gasteiger partial charge is 0.496 e. The molecule has 6 nitrogen and oxygen atoms in total. The predicted molar refractivity (Wildman–Crippen MR) is 123 cm³/mol. The van der Waals surface area contributed by atoms with Crippen LogP contribution in [0.2, 0.25) is 0 Å². The molecule has 1 heterocycles. The third kappa shape index (κ3) is 4.42. The molecule has 3 aromatic carbocycles. The highest BCUT2D eigenvalue weighted by Gasteiger charge is 2.21. The Morgan fingerprint density at radius 2 is 1.62 bits per heavy atom. The van der Waals surface area contributed by atoms with Crippen LogP contribution < -0.4 is 15.2 Å². The van der Waals surface area contributed by atoms with E-state index in [1.54, 1.807) is 25.3 Å². The summed E-state index contributed by atoms with van der Waals surface area (Å²) >= 11 is 0. The van der Waals surface area contributed by atoms with Gasteiger partial charge in [-0.2, -0.15) is 5.10 Å². The second-order valence-electron chi connectivity index (χ2n) is 6.99. The van der Waals surface area contributed by atoms with Gasteiger partial charge in [0.15, 0.2) is 5.82 Å². The maximum absolute atomic E-state index is 14.5. The molecule has 32 heavy (non-hydrogen) atoms. The van der Waals surface area contributed by atoms with E-state index in [9.17, 15) is 9.18 Å². The van der Waals surface area contributed by atoms with E-state index in [4.69, 9.17) is 9.47 Å². The van der Waals surface area contributed by atoms with Crippen molar-refractivity contribution in [2.45, 2.75) is 20.3 Å². The Bertz CT molecular complexity index is 1250. The Labute approximate surface area is 186 Å². The van der Waals surface area contributed by atoms with Gasteiger partial charge in [0.05, 0.1) is 25.5 Å². The lowest BCUT2D eigenvalue weighted by molar-refractivity contribution is 0.391. The molecule has 0 unspecified atom stereocenters. The van der Waals surface area contributed by atoms with Crippen LogP contribution in [0.4, 0.5) is 4.39 Å². The van der Waals surface area contributed by atoms with E-state index in [0.29, 0.717) is 23.5 Å². The van der Waals surface area contributed by atoms with Crippen LogP contribution in [0.25, 0.3) is 17.1 Å². The Kier molecular flexibility index (Phi) is 7.10. The Morgan fingerprint density at radius 3 is 2.31 bits per heavy atom. The van der Waals surface area contributed by atoms with Crippen LogP contribution in [0.15, 0.2) is 71.5 Å². The van der Waals surface area contributed by atoms with E-state index in [-0.39, 0.29) is 18.9 Å². The Balaban J connectivity index is 0.00000289. The minimum Gasteiger partial charge on any atom is -0.496 e. The summed E-state index contributed by atoms with van der Waals surface area (Å²) in [5, 5.41) is 6.59. The fourth-order valence-corrected chi connectivity index (χ4v) is 3.59. The number of hydrogen-bond acceptors (Lipinski definition) is 4. The number of methoxy groups -OCH3 is 2. The average Bonchev–Trinajstić information content (AvgIpc) is 3.19. The van der Waals surface area contributed by atoms with Crippen LogP contribution in [0, 0.1) is 5.82 Å². The zero-order valence-electron chi connectivity index (χ0n) is 17.3. The molecule has 7 heteroatoms. The van der Waals surface area contributed by atoms with E-state index in [1.165, 1.54) is 29.4 Å². The predicted octanol–water partition coefficient (Wildman–Crippen LogP) is 4.81. The van der Waals surface area contributed by atoms with Crippen molar-refractivity contribution in [3.63, 3.8) is 0 Å². The van der Waals surface area contributed by atoms with Gasteiger partial charge in [-0.05, 0) is 42.2 Å². The molecule has 0 atom stereocenters. The van der Waals surface area contributed by atoms with Gasteiger partial charge < -0.3 is 9.47 Å². The molecular formula is C25H26FN3O3. The number of aromatic nitrogens is 3. The number of ether oxygens (including phenoxy) is 2. The Hall–Kier alpha value is -3.87. The number of benzene rings is 3. The van der Waals surface area contributed by atoms with Gasteiger partial charge in [-0.25, -0.2) is 18.9 Å². The van der Waals surface area contributed by atoms with Crippen LogP contribution in [0.3, 0.4) is 0 Å². The van der Waals surface area contributed by atoms with Crippen LogP contribution in [0.1, 0.15) is 18.6 Å². The molecule has 0 bridgehead atoms. The molecular weight excluding hydrogens is 409 g/mol. The average molecular weight is 435 g/mol. The molecule has 166 valence electrons. The van der Waals surface area contributed by atoms with Gasteiger partial charge in [-0.15, -0.1) is 0 Å². The summed E-state index contributed by atoms with van der Waals surface area (Å²) in [6.07, 6.45) is 1.52. The van der Waals surface area contributed by atoms with Crippen LogP contribution in [-0.2, 0) is 12.8 Å². The van der Waals surface area contributed by atoms with Gasteiger partial charge in [0.25, 0.3) is 0 Å². The molecule has 0 fully saturated rings. The van der Waals surface area contributed by atoms with Crippen molar-refractivity contribution >= 4 is 0 Å². The fraction of sp³-hybridized carbons (Fsp3) is 0.200. The molecule has 4 aromatic rings. The number of nitrogens with one attached hydrogen (secondary N) is 1. The lowest BCUT2D eigenvalue weighted by Crippen LogP contribution is -2.17. The third-order valence-electron chi connectivity index (χ3n) is 5.13. The first kappa shape index (κ1) is 22.8. The summed E-state index contributed by atoms with van der Waals surface area (Å²) in [6, 6.07) is 19.8. The molecule has 0 saturated carbocycles. The summed E-state index contributed by atoms with van der Waals surface area (Å²) in [5.74, 6) is 0.878. The van der Waals surface area contributed by atoms with Gasteiger partial charge in [0, 0.05) is 6.07 Å². The summed E-state index contributed by atoms with van der Waals surface area (Å²) in [6.45, 7) is 0. The van der Waals surface area contributed by atoms with E-state index >= 15 is 0 Å². The maximum Gasteiger partial charge on any atom is 0.348 e. The SMILES string of the molecule is C.COc1cc(OC)c(-c2n[nH]c(=O)n2-c2ccccc2F)cc1CCc1ccccc1. The van der Waals surface area contributed by atoms with Crippen LogP contribution >= 0.6 is 0 Å². The molecule has 1 aromatic heterocycles. The molecule has 1 N–H and O–H groups in total. The van der Waals surface area contributed by atoms with E-state index in [0.717, 1.165) is 12.0 Å². The molecule has 0 spiro atoms. The molecule has 0 aliphatic rings. The van der Waals surface area contributed by atoms with Crippen LogP contribution in [0.5, 0.6) is 11.5 Å². The molecule has 0 aliphatic carbocycles. The zero-order chi connectivity index (χ0) is 21.8. The number of aryl methyl sites for hydroxylation is 2. The molecule has 0 aliphatic heterocycles. The second kappa shape index (κ2) is 9.96. The Morgan fingerprint density at radius 1 is 0.938 bits per heavy atom. The normalized spacial score (nSPS) is 10.5. The lowest BCUT2D eigenvalue weighted by atomic mass is 10.0. The molecule has 0 amide bonds. The molecule has 0 radical (unpaired) electrons. The van der Waals surface area contributed by atoms with E-state index in [1.807, 2.05) is 24.3 Å². The van der Waals surface area contributed by atoms with Crippen molar-refractivity contribution in [2.75, 3.05) is 14.2 Å². The smallest absolute Gasteiger partial charge is 0.348 e. The van der Waals surface area contributed by atoms with Gasteiger partial charge in [0.1, 0.15) is 17.3 Å². The first-order valence-corrected chi connectivity index (χ1v) is 9.84. The highest BCUT2D eigenvalue weighted by molar-refractivity contribution is 5.69. The van der Waals surface area contributed by atoms with Crippen molar-refractivity contribution in [2.24, 2.45) is 0 Å². The summed E-state index contributed by atoms with van der Waals surface area (Å²) in [5.41, 5.74) is 2.26. The molecule has 4 rings (SSSR count). The van der Waals surface area contributed by atoms with Crippen molar-refractivity contribution < 1.29 is 13.9 Å². The monoisotopic (exact) mass is 435 g/mol. The van der Waals surface area contributed by atoms with E-state index in [2.05, 4.69) is 22.3 Å². The van der Waals surface area contributed by atoms with Gasteiger partial charge >= 0.3 is 5.69 Å². The van der Waals surface area contributed by atoms with Gasteiger partial charge in [-0.3, -0.25) is 0 Å². The van der Waals surface area contributed by atoms with Gasteiger partial charge in [0.2, 0.25) is 0 Å². The maximum atomic E-state index is 14.5. The zero-order valence-corrected chi connectivity index (χ0v) is 17.3. The van der Waals surface area contributed by atoms with Crippen molar-refractivity contribution in [1.82, 2.24) is 14.8 Å². The standard InChI is InChI=1S/C24H22FN3O3.CH4/c1-30-21-15-22(31-2)18(14-17(21)13-12-16-8-4-3-5-9-16)23-26-27-24(29)28(23)20-11-7-6-10-19(20)25;/h3-11,14-15H,12-13H2,1-2H3,(H,27,29);1H4. The highest BCUT2D eigenvalue weighted by Crippen LogP contribution is 2.36. The second-order valence-corrected chi connectivity index (χ2v) is 6.99. The van der Waals surface area contributed by atoms with Crippen molar-refractivity contribution in [1.29, 1.82) is 0 Å². The lowest BCUT2D eigenvalue weighted by Gasteiger charge is -2.15. The third-order valence-corrected chi connectivity index (χ3v) is 5.13. The number of nitrogens with zero attached hydrogens (tertiary/aromatic N) is 2. The van der Waals surface area contributed by atoms with Gasteiger partial charge in [-0.1, -0.05) is 49.9 Å². The minimum atomic E-state index is -0.538. The number of H-pyrrole nitrogens is 1. The first-order chi connectivity index (χ1) is 15.1. The highest BCUT2D eigenvalue weighted by atomic mass is 19.1. The number of aromatic amines is 1. The first-order valence-electron chi connectivity index (χ1n) is 9.84. The van der Waals surface area contributed by atoms with Crippen molar-refractivity contribution in [3.8, 4) is 28.6 Å². The summed E-state index contributed by atoms with van der Waals surface area (Å²) < 4.78 is 26.8. The van der Waals surface area contributed by atoms with Crippen molar-refractivity contribution in [3.05, 3.63) is 94.2 Å². The summed E-state index contributed by atoms with van der Waals surface area (Å²) in [7, 11) is 3.13. The number of rotatable bonds is 7. The topological polar surface area (TPSA) is 69.1 Å². The van der Waals surface area contributed by atoms with Crippen LogP contribution in [-0.4, -0.2) is 29.0 Å².